The van der Waals surface area contributed by atoms with Crippen LogP contribution < -0.4 is 0 Å². The van der Waals surface area contributed by atoms with Crippen LogP contribution in [0.5, 0.6) is 0 Å². The van der Waals surface area contributed by atoms with E-state index >= 15 is 0 Å². The topological polar surface area (TPSA) is 60.8 Å². The smallest absolute Gasteiger partial charge is 0.321 e. The van der Waals surface area contributed by atoms with Crippen molar-refractivity contribution in [1.29, 1.82) is 0 Å². The van der Waals surface area contributed by atoms with Crippen molar-refractivity contribution >= 4 is 5.97 Å². The number of hydrogen-bond acceptors (Lipinski definition) is 3. The normalized spacial score (nSPS) is 19.1. The van der Waals surface area contributed by atoms with Gasteiger partial charge < -0.3 is 10.2 Å². The van der Waals surface area contributed by atoms with Crippen molar-refractivity contribution < 1.29 is 15.0 Å². The van der Waals surface area contributed by atoms with Gasteiger partial charge >= 0.3 is 5.97 Å². The van der Waals surface area contributed by atoms with Crippen LogP contribution >= 0.6 is 0 Å². The number of aliphatic carboxylic acids is 1. The fourth-order valence-corrected chi connectivity index (χ4v) is 2.66. The van der Waals surface area contributed by atoms with Gasteiger partial charge in [-0.2, -0.15) is 0 Å². The van der Waals surface area contributed by atoms with Gasteiger partial charge in [0.25, 0.3) is 0 Å². The Labute approximate surface area is 113 Å². The molecule has 0 aromatic heterocycles. The first-order valence-electron chi connectivity index (χ1n) is 6.87. The quantitative estimate of drug-likeness (QED) is 0.766. The van der Waals surface area contributed by atoms with Gasteiger partial charge in [0.15, 0.2) is 0 Å². The Morgan fingerprint density at radius 3 is 2.63 bits per heavy atom. The molecule has 1 atom stereocenters. The average Bonchev–Trinajstić information content (AvgIpc) is 2.42. The number of aliphatic hydroxyl groups is 1. The highest BCUT2D eigenvalue weighted by atomic mass is 16.4. The number of aliphatic hydroxyl groups excluding tert-OH is 1. The lowest BCUT2D eigenvalue weighted by Crippen LogP contribution is -2.45. The molecule has 2 N–H and O–H groups in total. The summed E-state index contributed by atoms with van der Waals surface area (Å²) in [6.45, 7) is 1.71. The molecule has 0 spiro atoms. The Morgan fingerprint density at radius 1 is 1.21 bits per heavy atom. The molecule has 0 fully saturated rings. The summed E-state index contributed by atoms with van der Waals surface area (Å²) in [6, 6.07) is 7.66. The van der Waals surface area contributed by atoms with E-state index in [-0.39, 0.29) is 6.61 Å². The number of fused-ring (bicyclic) bond motifs is 1. The SMILES string of the molecule is O=C(O)C1Cc2ccccc2CN1CCCCCO. The van der Waals surface area contributed by atoms with E-state index in [1.807, 2.05) is 23.1 Å². The van der Waals surface area contributed by atoms with Gasteiger partial charge in [0.05, 0.1) is 0 Å². The number of benzene rings is 1. The van der Waals surface area contributed by atoms with Gasteiger partial charge in [-0.15, -0.1) is 0 Å². The molecule has 0 radical (unpaired) electrons. The summed E-state index contributed by atoms with van der Waals surface area (Å²) in [5.41, 5.74) is 2.39. The van der Waals surface area contributed by atoms with Crippen LogP contribution in [-0.4, -0.2) is 40.3 Å². The second-order valence-electron chi connectivity index (χ2n) is 5.08. The molecule has 0 saturated heterocycles. The summed E-state index contributed by atoms with van der Waals surface area (Å²) in [5.74, 6) is -0.739. The molecule has 19 heavy (non-hydrogen) atoms. The first-order valence-corrected chi connectivity index (χ1v) is 6.87. The molecule has 1 aliphatic heterocycles. The van der Waals surface area contributed by atoms with Crippen molar-refractivity contribution in [2.45, 2.75) is 38.3 Å². The van der Waals surface area contributed by atoms with E-state index in [1.54, 1.807) is 0 Å². The molecule has 0 amide bonds. The van der Waals surface area contributed by atoms with Crippen LogP contribution in [0, 0.1) is 0 Å². The number of carbonyl (C=O) groups is 1. The lowest BCUT2D eigenvalue weighted by atomic mass is 9.94. The van der Waals surface area contributed by atoms with Crippen LogP contribution in [0.1, 0.15) is 30.4 Å². The molecule has 0 saturated carbocycles. The minimum atomic E-state index is -0.739. The molecule has 1 unspecified atom stereocenters. The van der Waals surface area contributed by atoms with Gasteiger partial charge in [-0.05, 0) is 43.4 Å². The third-order valence-electron chi connectivity index (χ3n) is 3.73. The Bertz CT molecular complexity index is 433. The molecule has 1 aromatic carbocycles. The van der Waals surface area contributed by atoms with Crippen LogP contribution in [0.15, 0.2) is 24.3 Å². The molecule has 4 nitrogen and oxygen atoms in total. The molecule has 1 aromatic rings. The van der Waals surface area contributed by atoms with Crippen LogP contribution in [0.3, 0.4) is 0 Å². The van der Waals surface area contributed by atoms with Gasteiger partial charge in [-0.25, -0.2) is 0 Å². The second kappa shape index (κ2) is 6.68. The van der Waals surface area contributed by atoms with E-state index in [1.165, 1.54) is 5.56 Å². The second-order valence-corrected chi connectivity index (χ2v) is 5.08. The largest absolute Gasteiger partial charge is 0.480 e. The van der Waals surface area contributed by atoms with Crippen molar-refractivity contribution in [3.8, 4) is 0 Å². The molecule has 2 rings (SSSR count). The average molecular weight is 263 g/mol. The molecule has 0 bridgehead atoms. The Morgan fingerprint density at radius 2 is 1.95 bits per heavy atom. The maximum atomic E-state index is 11.4. The van der Waals surface area contributed by atoms with Gasteiger partial charge in [-0.3, -0.25) is 9.69 Å². The number of rotatable bonds is 6. The highest BCUT2D eigenvalue weighted by Crippen LogP contribution is 2.23. The van der Waals surface area contributed by atoms with Crippen LogP contribution in [0.2, 0.25) is 0 Å². The number of carboxylic acids is 1. The highest BCUT2D eigenvalue weighted by molar-refractivity contribution is 5.74. The van der Waals surface area contributed by atoms with E-state index < -0.39 is 12.0 Å². The predicted molar refractivity (Wildman–Crippen MR) is 72.9 cm³/mol. The van der Waals surface area contributed by atoms with Crippen LogP contribution in [0.25, 0.3) is 0 Å². The van der Waals surface area contributed by atoms with E-state index in [9.17, 15) is 9.90 Å². The minimum Gasteiger partial charge on any atom is -0.480 e. The maximum Gasteiger partial charge on any atom is 0.321 e. The zero-order valence-electron chi connectivity index (χ0n) is 11.1. The standard InChI is InChI=1S/C15H21NO3/c17-9-5-1-4-8-16-11-13-7-3-2-6-12(13)10-14(16)15(18)19/h2-3,6-7,14,17H,1,4-5,8-11H2,(H,18,19). The Kier molecular flexibility index (Phi) is 4.93. The monoisotopic (exact) mass is 263 g/mol. The molecular formula is C15H21NO3. The summed E-state index contributed by atoms with van der Waals surface area (Å²) in [5, 5.41) is 18.1. The lowest BCUT2D eigenvalue weighted by molar-refractivity contribution is -0.144. The summed E-state index contributed by atoms with van der Waals surface area (Å²) in [6.07, 6.45) is 3.27. The summed E-state index contributed by atoms with van der Waals surface area (Å²) < 4.78 is 0. The summed E-state index contributed by atoms with van der Waals surface area (Å²) in [4.78, 5) is 13.4. The molecule has 1 heterocycles. The molecular weight excluding hydrogens is 242 g/mol. The van der Waals surface area contributed by atoms with Gasteiger partial charge in [0, 0.05) is 13.2 Å². The van der Waals surface area contributed by atoms with Crippen molar-refractivity contribution in [2.24, 2.45) is 0 Å². The highest BCUT2D eigenvalue weighted by Gasteiger charge is 2.30. The number of carboxylic acid groups (broad SMARTS) is 1. The maximum absolute atomic E-state index is 11.4. The Hall–Kier alpha value is -1.39. The third-order valence-corrected chi connectivity index (χ3v) is 3.73. The lowest BCUT2D eigenvalue weighted by Gasteiger charge is -2.34. The van der Waals surface area contributed by atoms with E-state index in [2.05, 4.69) is 6.07 Å². The van der Waals surface area contributed by atoms with E-state index in [4.69, 9.17) is 5.11 Å². The molecule has 0 aliphatic carbocycles. The summed E-state index contributed by atoms with van der Waals surface area (Å²) >= 11 is 0. The van der Waals surface area contributed by atoms with E-state index in [0.717, 1.165) is 31.4 Å². The van der Waals surface area contributed by atoms with Gasteiger partial charge in [-0.1, -0.05) is 24.3 Å². The van der Waals surface area contributed by atoms with Crippen molar-refractivity contribution in [3.63, 3.8) is 0 Å². The van der Waals surface area contributed by atoms with Crippen molar-refractivity contribution in [3.05, 3.63) is 35.4 Å². The fraction of sp³-hybridized carbons (Fsp3) is 0.533. The minimum absolute atomic E-state index is 0.213. The molecule has 1 aliphatic rings. The van der Waals surface area contributed by atoms with E-state index in [0.29, 0.717) is 13.0 Å². The van der Waals surface area contributed by atoms with Crippen LogP contribution in [-0.2, 0) is 17.8 Å². The Balaban J connectivity index is 2.02. The predicted octanol–water partition coefficient (Wildman–Crippen LogP) is 1.66. The van der Waals surface area contributed by atoms with Crippen molar-refractivity contribution in [2.75, 3.05) is 13.2 Å². The number of nitrogens with zero attached hydrogens (tertiary/aromatic N) is 1. The fourth-order valence-electron chi connectivity index (χ4n) is 2.66. The third kappa shape index (κ3) is 3.55. The zero-order chi connectivity index (χ0) is 13.7. The summed E-state index contributed by atoms with van der Waals surface area (Å²) in [7, 11) is 0. The van der Waals surface area contributed by atoms with Gasteiger partial charge in [0.1, 0.15) is 6.04 Å². The van der Waals surface area contributed by atoms with Crippen molar-refractivity contribution in [1.82, 2.24) is 4.90 Å². The number of unbranched alkanes of at least 4 members (excludes halogenated alkanes) is 2. The number of hydrogen-bond donors (Lipinski definition) is 2. The first-order chi connectivity index (χ1) is 9.22. The molecule has 4 heteroatoms. The van der Waals surface area contributed by atoms with Crippen LogP contribution in [0.4, 0.5) is 0 Å². The zero-order valence-corrected chi connectivity index (χ0v) is 11.1. The van der Waals surface area contributed by atoms with Gasteiger partial charge in [0.2, 0.25) is 0 Å². The first kappa shape index (κ1) is 14.0. The molecule has 104 valence electrons.